The fourth-order valence-electron chi connectivity index (χ4n) is 3.00. The van der Waals surface area contributed by atoms with Gasteiger partial charge in [-0.15, -0.1) is 0 Å². The Bertz CT molecular complexity index is 615. The average Bonchev–Trinajstić information content (AvgIpc) is 3.08. The van der Waals surface area contributed by atoms with Crippen LogP contribution in [0.1, 0.15) is 37.9 Å². The lowest BCUT2D eigenvalue weighted by Crippen LogP contribution is -2.42. The molecule has 1 aliphatic heterocycles. The van der Waals surface area contributed by atoms with Crippen molar-refractivity contribution in [3.8, 4) is 0 Å². The van der Waals surface area contributed by atoms with E-state index in [1.807, 2.05) is 10.9 Å². The lowest BCUT2D eigenvalue weighted by Gasteiger charge is -2.33. The van der Waals surface area contributed by atoms with E-state index >= 15 is 0 Å². The summed E-state index contributed by atoms with van der Waals surface area (Å²) in [6.45, 7) is 8.16. The van der Waals surface area contributed by atoms with Gasteiger partial charge in [0.25, 0.3) is 0 Å². The number of nitrogens with zero attached hydrogens (tertiary/aromatic N) is 5. The van der Waals surface area contributed by atoms with E-state index in [9.17, 15) is 0 Å². The van der Waals surface area contributed by atoms with E-state index in [2.05, 4.69) is 51.4 Å². The third-order valence-electron chi connectivity index (χ3n) is 4.50. The molecule has 0 radical (unpaired) electrons. The van der Waals surface area contributed by atoms with Crippen LogP contribution in [0.15, 0.2) is 24.8 Å². The SMILES string of the molecule is CCc1cc(N2CCC(NCc3cnn(CC)c3)CC2)ncn1. The molecule has 2 aromatic rings. The van der Waals surface area contributed by atoms with Crippen molar-refractivity contribution in [1.82, 2.24) is 25.1 Å². The fourth-order valence-corrected chi connectivity index (χ4v) is 3.00. The fraction of sp³-hybridized carbons (Fsp3) is 0.588. The highest BCUT2D eigenvalue weighted by atomic mass is 15.3. The molecule has 0 saturated carbocycles. The molecule has 0 bridgehead atoms. The highest BCUT2D eigenvalue weighted by Gasteiger charge is 2.20. The Morgan fingerprint density at radius 1 is 1.22 bits per heavy atom. The minimum atomic E-state index is 0.573. The van der Waals surface area contributed by atoms with Crippen LogP contribution >= 0.6 is 0 Å². The van der Waals surface area contributed by atoms with Crippen molar-refractivity contribution in [3.05, 3.63) is 36.0 Å². The van der Waals surface area contributed by atoms with Gasteiger partial charge >= 0.3 is 0 Å². The van der Waals surface area contributed by atoms with Crippen molar-refractivity contribution >= 4 is 5.82 Å². The molecule has 6 heteroatoms. The lowest BCUT2D eigenvalue weighted by atomic mass is 10.0. The normalized spacial score (nSPS) is 16.0. The van der Waals surface area contributed by atoms with Crippen LogP contribution in [-0.4, -0.2) is 38.9 Å². The van der Waals surface area contributed by atoms with Gasteiger partial charge in [-0.3, -0.25) is 4.68 Å². The second-order valence-electron chi connectivity index (χ2n) is 6.07. The van der Waals surface area contributed by atoms with Crippen LogP contribution < -0.4 is 10.2 Å². The summed E-state index contributed by atoms with van der Waals surface area (Å²) in [7, 11) is 0. The van der Waals surface area contributed by atoms with Gasteiger partial charge in [0.05, 0.1) is 6.20 Å². The molecule has 3 heterocycles. The maximum atomic E-state index is 4.43. The monoisotopic (exact) mass is 314 g/mol. The third-order valence-corrected chi connectivity index (χ3v) is 4.50. The van der Waals surface area contributed by atoms with Gasteiger partial charge in [0, 0.05) is 55.7 Å². The van der Waals surface area contributed by atoms with Crippen molar-refractivity contribution in [2.24, 2.45) is 0 Å². The van der Waals surface area contributed by atoms with Crippen LogP contribution in [0.5, 0.6) is 0 Å². The Labute approximate surface area is 137 Å². The summed E-state index contributed by atoms with van der Waals surface area (Å²) in [6.07, 6.45) is 9.01. The summed E-state index contributed by atoms with van der Waals surface area (Å²) < 4.78 is 1.97. The zero-order chi connectivity index (χ0) is 16.1. The first-order valence-electron chi connectivity index (χ1n) is 8.59. The van der Waals surface area contributed by atoms with Crippen LogP contribution in [0, 0.1) is 0 Å². The molecule has 1 fully saturated rings. The molecule has 124 valence electrons. The number of nitrogens with one attached hydrogen (secondary N) is 1. The number of anilines is 1. The predicted molar refractivity (Wildman–Crippen MR) is 91.4 cm³/mol. The molecule has 1 saturated heterocycles. The molecular weight excluding hydrogens is 288 g/mol. The number of hydrogen-bond donors (Lipinski definition) is 1. The Morgan fingerprint density at radius 3 is 2.74 bits per heavy atom. The predicted octanol–water partition coefficient (Wildman–Crippen LogP) is 2.01. The Balaban J connectivity index is 1.48. The Kier molecular flexibility index (Phi) is 5.23. The smallest absolute Gasteiger partial charge is 0.132 e. The molecule has 2 aromatic heterocycles. The number of aryl methyl sites for hydroxylation is 2. The molecule has 1 aliphatic rings. The first-order valence-corrected chi connectivity index (χ1v) is 8.59. The van der Waals surface area contributed by atoms with Gasteiger partial charge in [0.1, 0.15) is 12.1 Å². The largest absolute Gasteiger partial charge is 0.356 e. The van der Waals surface area contributed by atoms with E-state index in [1.54, 1.807) is 6.33 Å². The number of rotatable bonds is 6. The first-order chi connectivity index (χ1) is 11.3. The van der Waals surface area contributed by atoms with Gasteiger partial charge < -0.3 is 10.2 Å². The third kappa shape index (κ3) is 4.07. The van der Waals surface area contributed by atoms with Crippen molar-refractivity contribution in [2.45, 2.75) is 52.2 Å². The molecule has 23 heavy (non-hydrogen) atoms. The zero-order valence-corrected chi connectivity index (χ0v) is 14.1. The van der Waals surface area contributed by atoms with Crippen LogP contribution in [0.25, 0.3) is 0 Å². The van der Waals surface area contributed by atoms with E-state index < -0.39 is 0 Å². The minimum Gasteiger partial charge on any atom is -0.356 e. The molecule has 0 atom stereocenters. The summed E-state index contributed by atoms with van der Waals surface area (Å²) in [5.41, 5.74) is 2.38. The van der Waals surface area contributed by atoms with Crippen LogP contribution in [0.4, 0.5) is 5.82 Å². The quantitative estimate of drug-likeness (QED) is 0.884. The van der Waals surface area contributed by atoms with E-state index in [1.165, 1.54) is 5.56 Å². The second-order valence-corrected chi connectivity index (χ2v) is 6.07. The molecule has 6 nitrogen and oxygen atoms in total. The molecule has 0 aromatic carbocycles. The summed E-state index contributed by atoms with van der Waals surface area (Å²) >= 11 is 0. The van der Waals surface area contributed by atoms with Gasteiger partial charge in [-0.25, -0.2) is 9.97 Å². The molecule has 1 N–H and O–H groups in total. The average molecular weight is 314 g/mol. The summed E-state index contributed by atoms with van der Waals surface area (Å²) in [6, 6.07) is 2.69. The summed E-state index contributed by atoms with van der Waals surface area (Å²) in [5, 5.41) is 7.98. The van der Waals surface area contributed by atoms with E-state index in [-0.39, 0.29) is 0 Å². The molecule has 0 spiro atoms. The van der Waals surface area contributed by atoms with E-state index in [0.29, 0.717) is 6.04 Å². The number of aromatic nitrogens is 4. The van der Waals surface area contributed by atoms with Gasteiger partial charge in [0.2, 0.25) is 0 Å². The van der Waals surface area contributed by atoms with Crippen molar-refractivity contribution in [1.29, 1.82) is 0 Å². The van der Waals surface area contributed by atoms with Crippen molar-refractivity contribution in [3.63, 3.8) is 0 Å². The molecule has 0 unspecified atom stereocenters. The standard InChI is InChI=1S/C17H26N6/c1-3-15-9-17(20-13-19-15)22-7-5-16(6-8-22)18-10-14-11-21-23(4-2)12-14/h9,11-13,16,18H,3-8,10H2,1-2H3. The molecule has 0 aliphatic carbocycles. The van der Waals surface area contributed by atoms with Gasteiger partial charge in [-0.05, 0) is 26.2 Å². The summed E-state index contributed by atoms with van der Waals surface area (Å²) in [5.74, 6) is 1.07. The van der Waals surface area contributed by atoms with Gasteiger partial charge in [-0.1, -0.05) is 6.92 Å². The van der Waals surface area contributed by atoms with Gasteiger partial charge in [-0.2, -0.15) is 5.10 Å². The second kappa shape index (κ2) is 7.55. The van der Waals surface area contributed by atoms with Crippen molar-refractivity contribution < 1.29 is 0 Å². The lowest BCUT2D eigenvalue weighted by molar-refractivity contribution is 0.412. The number of piperidine rings is 1. The highest BCUT2D eigenvalue weighted by Crippen LogP contribution is 2.18. The number of hydrogen-bond acceptors (Lipinski definition) is 5. The Hall–Kier alpha value is -1.95. The van der Waals surface area contributed by atoms with Gasteiger partial charge in [0.15, 0.2) is 0 Å². The van der Waals surface area contributed by atoms with Crippen LogP contribution in [0.3, 0.4) is 0 Å². The van der Waals surface area contributed by atoms with E-state index in [4.69, 9.17) is 0 Å². The summed E-state index contributed by atoms with van der Waals surface area (Å²) in [4.78, 5) is 11.1. The first kappa shape index (κ1) is 15.9. The molecule has 0 amide bonds. The highest BCUT2D eigenvalue weighted by molar-refractivity contribution is 5.39. The van der Waals surface area contributed by atoms with Crippen molar-refractivity contribution in [2.75, 3.05) is 18.0 Å². The maximum absolute atomic E-state index is 4.43. The zero-order valence-electron chi connectivity index (χ0n) is 14.1. The minimum absolute atomic E-state index is 0.573. The topological polar surface area (TPSA) is 58.9 Å². The van der Waals surface area contributed by atoms with Crippen LogP contribution in [-0.2, 0) is 19.5 Å². The molecule has 3 rings (SSSR count). The maximum Gasteiger partial charge on any atom is 0.132 e. The molecular formula is C17H26N6. The van der Waals surface area contributed by atoms with Crippen LogP contribution in [0.2, 0.25) is 0 Å². The Morgan fingerprint density at radius 2 is 2.04 bits per heavy atom. The van der Waals surface area contributed by atoms with E-state index in [0.717, 1.165) is 57.0 Å².